The molecule has 1 aliphatic carbocycles. The van der Waals surface area contributed by atoms with Gasteiger partial charge in [-0.2, -0.15) is 0 Å². The molecule has 2 aromatic rings. The van der Waals surface area contributed by atoms with Gasteiger partial charge in [0.05, 0.1) is 15.5 Å². The quantitative estimate of drug-likeness (QED) is 0.699. The Hall–Kier alpha value is -0.610. The molecule has 0 aliphatic heterocycles. The summed E-state index contributed by atoms with van der Waals surface area (Å²) in [5.74, 6) is 1.88. The van der Waals surface area contributed by atoms with Crippen molar-refractivity contribution < 1.29 is 4.39 Å². The van der Waals surface area contributed by atoms with E-state index in [1.165, 1.54) is 12.8 Å². The van der Waals surface area contributed by atoms with E-state index in [0.717, 1.165) is 29.7 Å². The minimum Gasteiger partial charge on any atom is -0.324 e. The third-order valence-corrected chi connectivity index (χ3v) is 5.07. The molecule has 1 fully saturated rings. The third-order valence-electron chi connectivity index (χ3n) is 4.27. The lowest BCUT2D eigenvalue weighted by Crippen LogP contribution is -2.15. The Labute approximate surface area is 131 Å². The maximum Gasteiger partial charge on any atom is 0.139 e. The number of aromatic nitrogens is 2. The Morgan fingerprint density at radius 1 is 1.45 bits per heavy atom. The normalized spacial score (nSPS) is 22.8. The van der Waals surface area contributed by atoms with E-state index in [4.69, 9.17) is 11.6 Å². The minimum atomic E-state index is -0.235. The largest absolute Gasteiger partial charge is 0.324 e. The van der Waals surface area contributed by atoms with Crippen molar-refractivity contribution >= 4 is 38.6 Å². The highest BCUT2D eigenvalue weighted by molar-refractivity contribution is 9.10. The van der Waals surface area contributed by atoms with Crippen LogP contribution in [0.15, 0.2) is 16.6 Å². The number of imidazole rings is 1. The third kappa shape index (κ3) is 2.37. The van der Waals surface area contributed by atoms with Gasteiger partial charge in [-0.1, -0.05) is 13.3 Å². The first kappa shape index (κ1) is 14.3. The summed E-state index contributed by atoms with van der Waals surface area (Å²) < 4.78 is 16.6. The lowest BCUT2D eigenvalue weighted by molar-refractivity contribution is 0.406. The monoisotopic (exact) mass is 358 g/mol. The fourth-order valence-corrected chi connectivity index (χ4v) is 3.78. The fraction of sp³-hybridized carbons (Fsp3) is 0.533. The van der Waals surface area contributed by atoms with Gasteiger partial charge in [-0.25, -0.2) is 9.37 Å². The van der Waals surface area contributed by atoms with E-state index < -0.39 is 0 Å². The number of halogens is 3. The van der Waals surface area contributed by atoms with E-state index in [0.29, 0.717) is 22.3 Å². The Bertz CT molecular complexity index is 640. The van der Waals surface area contributed by atoms with E-state index in [9.17, 15) is 4.39 Å². The second-order valence-corrected chi connectivity index (χ2v) is 6.80. The van der Waals surface area contributed by atoms with Crippen molar-refractivity contribution in [2.24, 2.45) is 5.92 Å². The summed E-state index contributed by atoms with van der Waals surface area (Å²) in [5.41, 5.74) is 1.74. The highest BCUT2D eigenvalue weighted by Gasteiger charge is 2.28. The lowest BCUT2D eigenvalue weighted by atomic mass is 10.1. The summed E-state index contributed by atoms with van der Waals surface area (Å²) in [6.07, 6.45) is 4.31. The van der Waals surface area contributed by atoms with Gasteiger partial charge in [0.15, 0.2) is 0 Å². The summed E-state index contributed by atoms with van der Waals surface area (Å²) in [6, 6.07) is 3.77. The first-order valence-corrected chi connectivity index (χ1v) is 8.36. The number of fused-ring (bicyclic) bond motifs is 1. The predicted molar refractivity (Wildman–Crippen MR) is 83.9 cm³/mol. The molecule has 0 bridgehead atoms. The smallest absolute Gasteiger partial charge is 0.139 e. The molecule has 0 saturated heterocycles. The van der Waals surface area contributed by atoms with Crippen LogP contribution in [0.25, 0.3) is 11.0 Å². The van der Waals surface area contributed by atoms with Crippen LogP contribution in [0, 0.1) is 11.7 Å². The van der Waals surface area contributed by atoms with Crippen molar-refractivity contribution in [2.45, 2.75) is 38.6 Å². The van der Waals surface area contributed by atoms with E-state index in [-0.39, 0.29) is 5.82 Å². The number of alkyl halides is 1. The molecular formula is C15H17BrClFN2. The second kappa shape index (κ2) is 5.64. The van der Waals surface area contributed by atoms with E-state index in [2.05, 4.69) is 32.4 Å². The molecule has 1 heterocycles. The number of hydrogen-bond donors (Lipinski definition) is 0. The van der Waals surface area contributed by atoms with E-state index in [1.807, 2.05) is 0 Å². The molecule has 108 valence electrons. The van der Waals surface area contributed by atoms with Crippen LogP contribution in [0.1, 0.15) is 38.1 Å². The maximum absolute atomic E-state index is 13.9. The molecule has 1 aromatic carbocycles. The average molecular weight is 360 g/mol. The summed E-state index contributed by atoms with van der Waals surface area (Å²) >= 11 is 9.14. The summed E-state index contributed by atoms with van der Waals surface area (Å²) in [5, 5.41) is 0. The Balaban J connectivity index is 2.20. The van der Waals surface area contributed by atoms with Crippen molar-refractivity contribution in [3.05, 3.63) is 28.2 Å². The Morgan fingerprint density at radius 3 is 2.90 bits per heavy atom. The average Bonchev–Trinajstić information content (AvgIpc) is 2.94. The molecule has 1 aromatic heterocycles. The van der Waals surface area contributed by atoms with Crippen LogP contribution < -0.4 is 0 Å². The molecule has 5 heteroatoms. The van der Waals surface area contributed by atoms with Crippen LogP contribution in [-0.2, 0) is 6.42 Å². The molecule has 0 amide bonds. The summed E-state index contributed by atoms with van der Waals surface area (Å²) in [7, 11) is 0. The van der Waals surface area contributed by atoms with Gasteiger partial charge in [-0.3, -0.25) is 0 Å². The molecule has 0 N–H and O–H groups in total. The van der Waals surface area contributed by atoms with Crippen molar-refractivity contribution in [3.63, 3.8) is 0 Å². The Morgan fingerprint density at radius 2 is 2.25 bits per heavy atom. The van der Waals surface area contributed by atoms with Gasteiger partial charge >= 0.3 is 0 Å². The Kier molecular flexibility index (Phi) is 4.04. The van der Waals surface area contributed by atoms with E-state index >= 15 is 0 Å². The SMILES string of the molecule is CC1CCCC1n1c(CCCl)nc2cc(Br)c(F)cc21. The number of hydrogen-bond acceptors (Lipinski definition) is 1. The van der Waals surface area contributed by atoms with Gasteiger partial charge in [0.25, 0.3) is 0 Å². The molecule has 20 heavy (non-hydrogen) atoms. The number of benzene rings is 1. The predicted octanol–water partition coefficient (Wildman–Crippen LogP) is 5.08. The van der Waals surface area contributed by atoms with Gasteiger partial charge in [0, 0.05) is 24.4 Å². The highest BCUT2D eigenvalue weighted by Crippen LogP contribution is 2.39. The van der Waals surface area contributed by atoms with Gasteiger partial charge in [-0.05, 0) is 40.8 Å². The first-order valence-electron chi connectivity index (χ1n) is 7.03. The van der Waals surface area contributed by atoms with Gasteiger partial charge in [0.1, 0.15) is 11.6 Å². The molecule has 0 radical (unpaired) electrons. The zero-order valence-corrected chi connectivity index (χ0v) is 13.7. The van der Waals surface area contributed by atoms with Crippen LogP contribution in [0.3, 0.4) is 0 Å². The van der Waals surface area contributed by atoms with Gasteiger partial charge in [-0.15, -0.1) is 11.6 Å². The molecule has 0 spiro atoms. The van der Waals surface area contributed by atoms with Crippen LogP contribution >= 0.6 is 27.5 Å². The number of nitrogens with zero attached hydrogens (tertiary/aromatic N) is 2. The molecule has 1 aliphatic rings. The molecule has 3 rings (SSSR count). The van der Waals surface area contributed by atoms with E-state index in [1.54, 1.807) is 12.1 Å². The number of rotatable bonds is 3. The lowest BCUT2D eigenvalue weighted by Gasteiger charge is -2.21. The van der Waals surface area contributed by atoms with Crippen molar-refractivity contribution in [3.8, 4) is 0 Å². The summed E-state index contributed by atoms with van der Waals surface area (Å²) in [4.78, 5) is 4.67. The summed E-state index contributed by atoms with van der Waals surface area (Å²) in [6.45, 7) is 2.27. The molecular weight excluding hydrogens is 343 g/mol. The van der Waals surface area contributed by atoms with Crippen molar-refractivity contribution in [2.75, 3.05) is 5.88 Å². The highest BCUT2D eigenvalue weighted by atomic mass is 79.9. The zero-order chi connectivity index (χ0) is 14.3. The topological polar surface area (TPSA) is 17.8 Å². The van der Waals surface area contributed by atoms with Crippen LogP contribution in [-0.4, -0.2) is 15.4 Å². The molecule has 2 nitrogen and oxygen atoms in total. The van der Waals surface area contributed by atoms with Crippen molar-refractivity contribution in [1.29, 1.82) is 0 Å². The number of aryl methyl sites for hydroxylation is 1. The van der Waals surface area contributed by atoms with Crippen LogP contribution in [0.4, 0.5) is 4.39 Å². The molecule has 1 saturated carbocycles. The second-order valence-electron chi connectivity index (χ2n) is 5.57. The fourth-order valence-electron chi connectivity index (χ4n) is 3.28. The molecule has 2 unspecified atom stereocenters. The van der Waals surface area contributed by atoms with Crippen molar-refractivity contribution in [1.82, 2.24) is 9.55 Å². The van der Waals surface area contributed by atoms with Gasteiger partial charge in [0.2, 0.25) is 0 Å². The maximum atomic E-state index is 13.9. The molecule has 2 atom stereocenters. The first-order chi connectivity index (χ1) is 9.61. The van der Waals surface area contributed by atoms with Crippen LogP contribution in [0.5, 0.6) is 0 Å². The zero-order valence-electron chi connectivity index (χ0n) is 11.4. The van der Waals surface area contributed by atoms with Crippen LogP contribution in [0.2, 0.25) is 0 Å². The van der Waals surface area contributed by atoms with Gasteiger partial charge < -0.3 is 4.57 Å². The standard InChI is InChI=1S/C15H17BrClFN2/c1-9-3-2-4-13(9)20-14-8-11(18)10(16)7-12(14)19-15(20)5-6-17/h7-9,13H,2-6H2,1H3. The minimum absolute atomic E-state index is 0.235.